The fourth-order valence-corrected chi connectivity index (χ4v) is 2.57. The average Bonchev–Trinajstić information content (AvgIpc) is 2.54. The standard InChI is InChI=1S/C14H30N2/c1-4-6-7-9-13(3)16-11-8-10-15-14(5-2)12-16/h13-15H,4-12H2,1-3H3. The number of hydrogen-bond donors (Lipinski definition) is 1. The highest BCUT2D eigenvalue weighted by atomic mass is 15.2. The van der Waals surface area contributed by atoms with Gasteiger partial charge in [0.15, 0.2) is 0 Å². The SMILES string of the molecule is CCCCCC(C)N1CCCNC(CC)C1. The van der Waals surface area contributed by atoms with Crippen molar-refractivity contribution in [2.24, 2.45) is 0 Å². The van der Waals surface area contributed by atoms with Crippen LogP contribution in [-0.2, 0) is 0 Å². The molecule has 1 N–H and O–H groups in total. The van der Waals surface area contributed by atoms with Gasteiger partial charge in [-0.05, 0) is 39.3 Å². The molecule has 2 unspecified atom stereocenters. The monoisotopic (exact) mass is 226 g/mol. The van der Waals surface area contributed by atoms with Crippen LogP contribution < -0.4 is 5.32 Å². The molecule has 0 aromatic carbocycles. The summed E-state index contributed by atoms with van der Waals surface area (Å²) in [5.74, 6) is 0. The van der Waals surface area contributed by atoms with Crippen LogP contribution in [0.4, 0.5) is 0 Å². The first-order valence-electron chi connectivity index (χ1n) is 7.25. The molecule has 0 aliphatic carbocycles. The lowest BCUT2D eigenvalue weighted by atomic mass is 10.1. The van der Waals surface area contributed by atoms with Crippen LogP contribution in [0, 0.1) is 0 Å². The quantitative estimate of drug-likeness (QED) is 0.700. The summed E-state index contributed by atoms with van der Waals surface area (Å²) in [4.78, 5) is 2.70. The van der Waals surface area contributed by atoms with Crippen molar-refractivity contribution in [3.63, 3.8) is 0 Å². The maximum atomic E-state index is 3.64. The number of nitrogens with one attached hydrogen (secondary N) is 1. The summed E-state index contributed by atoms with van der Waals surface area (Å²) in [6.45, 7) is 10.7. The third-order valence-corrected chi connectivity index (χ3v) is 3.85. The first-order chi connectivity index (χ1) is 7.77. The van der Waals surface area contributed by atoms with Crippen molar-refractivity contribution in [2.45, 2.75) is 71.4 Å². The highest BCUT2D eigenvalue weighted by molar-refractivity contribution is 4.78. The van der Waals surface area contributed by atoms with E-state index >= 15 is 0 Å². The predicted octanol–water partition coefficient (Wildman–Crippen LogP) is 3.03. The summed E-state index contributed by atoms with van der Waals surface area (Å²) in [5, 5.41) is 3.64. The molecule has 96 valence electrons. The topological polar surface area (TPSA) is 15.3 Å². The van der Waals surface area contributed by atoms with Gasteiger partial charge in [-0.2, -0.15) is 0 Å². The van der Waals surface area contributed by atoms with E-state index in [4.69, 9.17) is 0 Å². The molecule has 0 bridgehead atoms. The zero-order chi connectivity index (χ0) is 11.8. The van der Waals surface area contributed by atoms with E-state index in [2.05, 4.69) is 31.0 Å². The van der Waals surface area contributed by atoms with Crippen LogP contribution in [0.25, 0.3) is 0 Å². The van der Waals surface area contributed by atoms with Gasteiger partial charge >= 0.3 is 0 Å². The van der Waals surface area contributed by atoms with Crippen LogP contribution >= 0.6 is 0 Å². The van der Waals surface area contributed by atoms with E-state index in [9.17, 15) is 0 Å². The Hall–Kier alpha value is -0.0800. The maximum Gasteiger partial charge on any atom is 0.0192 e. The minimum atomic E-state index is 0.719. The van der Waals surface area contributed by atoms with Gasteiger partial charge in [0.1, 0.15) is 0 Å². The molecular weight excluding hydrogens is 196 g/mol. The second-order valence-corrected chi connectivity index (χ2v) is 5.25. The smallest absolute Gasteiger partial charge is 0.0192 e. The van der Waals surface area contributed by atoms with Gasteiger partial charge in [-0.3, -0.25) is 4.90 Å². The van der Waals surface area contributed by atoms with Crippen molar-refractivity contribution in [1.29, 1.82) is 0 Å². The molecule has 0 spiro atoms. The van der Waals surface area contributed by atoms with Crippen LogP contribution in [0.1, 0.15) is 59.3 Å². The Labute approximate surface area is 102 Å². The molecule has 2 heteroatoms. The normalized spacial score (nSPS) is 25.3. The summed E-state index contributed by atoms with van der Waals surface area (Å²) in [6, 6.07) is 1.50. The van der Waals surface area contributed by atoms with Gasteiger partial charge in [-0.1, -0.05) is 33.1 Å². The van der Waals surface area contributed by atoms with Gasteiger partial charge in [-0.15, -0.1) is 0 Å². The molecule has 0 aromatic rings. The minimum Gasteiger partial charge on any atom is -0.313 e. The van der Waals surface area contributed by atoms with Crippen molar-refractivity contribution in [3.8, 4) is 0 Å². The summed E-state index contributed by atoms with van der Waals surface area (Å²) in [7, 11) is 0. The zero-order valence-electron chi connectivity index (χ0n) is 11.5. The predicted molar refractivity (Wildman–Crippen MR) is 71.9 cm³/mol. The molecule has 1 aliphatic rings. The van der Waals surface area contributed by atoms with Gasteiger partial charge in [0.25, 0.3) is 0 Å². The van der Waals surface area contributed by atoms with Crippen molar-refractivity contribution in [1.82, 2.24) is 10.2 Å². The van der Waals surface area contributed by atoms with Gasteiger partial charge < -0.3 is 5.32 Å². The van der Waals surface area contributed by atoms with Crippen molar-refractivity contribution >= 4 is 0 Å². The van der Waals surface area contributed by atoms with Gasteiger partial charge in [0.2, 0.25) is 0 Å². The Morgan fingerprint density at radius 2 is 2.12 bits per heavy atom. The molecule has 1 heterocycles. The molecule has 2 atom stereocenters. The van der Waals surface area contributed by atoms with E-state index in [-0.39, 0.29) is 0 Å². The Kier molecular flexibility index (Phi) is 7.06. The van der Waals surface area contributed by atoms with E-state index in [1.807, 2.05) is 0 Å². The van der Waals surface area contributed by atoms with Crippen LogP contribution in [0.5, 0.6) is 0 Å². The number of unbranched alkanes of at least 4 members (excludes halogenated alkanes) is 2. The van der Waals surface area contributed by atoms with E-state index in [0.29, 0.717) is 0 Å². The van der Waals surface area contributed by atoms with Crippen LogP contribution in [0.3, 0.4) is 0 Å². The molecular formula is C14H30N2. The van der Waals surface area contributed by atoms with Crippen LogP contribution in [0.15, 0.2) is 0 Å². The third-order valence-electron chi connectivity index (χ3n) is 3.85. The molecule has 1 fully saturated rings. The molecule has 0 saturated carbocycles. The summed E-state index contributed by atoms with van der Waals surface area (Å²) >= 11 is 0. The Morgan fingerprint density at radius 3 is 2.81 bits per heavy atom. The van der Waals surface area contributed by atoms with E-state index in [1.165, 1.54) is 58.2 Å². The second kappa shape index (κ2) is 8.08. The summed E-state index contributed by atoms with van der Waals surface area (Å²) < 4.78 is 0. The molecule has 0 aromatic heterocycles. The van der Waals surface area contributed by atoms with Gasteiger partial charge in [0.05, 0.1) is 0 Å². The lowest BCUT2D eigenvalue weighted by Gasteiger charge is -2.30. The van der Waals surface area contributed by atoms with E-state index < -0.39 is 0 Å². The van der Waals surface area contributed by atoms with Gasteiger partial charge in [-0.25, -0.2) is 0 Å². The molecule has 2 nitrogen and oxygen atoms in total. The lowest BCUT2D eigenvalue weighted by molar-refractivity contribution is 0.191. The van der Waals surface area contributed by atoms with Crippen molar-refractivity contribution in [2.75, 3.05) is 19.6 Å². The fraction of sp³-hybridized carbons (Fsp3) is 1.00. The highest BCUT2D eigenvalue weighted by Crippen LogP contribution is 2.13. The summed E-state index contributed by atoms with van der Waals surface area (Å²) in [5.41, 5.74) is 0. The number of nitrogens with zero attached hydrogens (tertiary/aromatic N) is 1. The average molecular weight is 226 g/mol. The van der Waals surface area contributed by atoms with Crippen LogP contribution in [-0.4, -0.2) is 36.6 Å². The van der Waals surface area contributed by atoms with Gasteiger partial charge in [0, 0.05) is 18.6 Å². The zero-order valence-corrected chi connectivity index (χ0v) is 11.5. The number of hydrogen-bond acceptors (Lipinski definition) is 2. The first kappa shape index (κ1) is 14.0. The van der Waals surface area contributed by atoms with E-state index in [0.717, 1.165) is 12.1 Å². The van der Waals surface area contributed by atoms with Crippen LogP contribution in [0.2, 0.25) is 0 Å². The minimum absolute atomic E-state index is 0.719. The fourth-order valence-electron chi connectivity index (χ4n) is 2.57. The molecule has 1 rings (SSSR count). The molecule has 16 heavy (non-hydrogen) atoms. The Bertz CT molecular complexity index is 170. The highest BCUT2D eigenvalue weighted by Gasteiger charge is 2.19. The largest absolute Gasteiger partial charge is 0.313 e. The maximum absolute atomic E-state index is 3.64. The number of rotatable bonds is 6. The third kappa shape index (κ3) is 4.84. The molecule has 0 radical (unpaired) electrons. The van der Waals surface area contributed by atoms with Crippen molar-refractivity contribution < 1.29 is 0 Å². The summed E-state index contributed by atoms with van der Waals surface area (Å²) in [6.07, 6.45) is 8.09. The lowest BCUT2D eigenvalue weighted by Crippen LogP contribution is -2.41. The first-order valence-corrected chi connectivity index (χ1v) is 7.25. The van der Waals surface area contributed by atoms with Crippen molar-refractivity contribution in [3.05, 3.63) is 0 Å². The molecule has 1 saturated heterocycles. The molecule has 1 aliphatic heterocycles. The van der Waals surface area contributed by atoms with E-state index in [1.54, 1.807) is 0 Å². The molecule has 0 amide bonds. The second-order valence-electron chi connectivity index (χ2n) is 5.25. The Morgan fingerprint density at radius 1 is 1.31 bits per heavy atom. The Balaban J connectivity index is 2.31.